The highest BCUT2D eigenvalue weighted by molar-refractivity contribution is 7.99. The molecule has 2 aromatic rings. The smallest absolute Gasteiger partial charge is 0.256 e. The number of rotatable bonds is 8. The van der Waals surface area contributed by atoms with Crippen LogP contribution in [0.5, 0.6) is 0 Å². The van der Waals surface area contributed by atoms with Crippen LogP contribution in [0.2, 0.25) is 0 Å². The van der Waals surface area contributed by atoms with Gasteiger partial charge in [-0.3, -0.25) is 0 Å². The first-order valence-corrected chi connectivity index (χ1v) is 10.0. The molecule has 0 aliphatic carbocycles. The van der Waals surface area contributed by atoms with Crippen LogP contribution in [0.4, 0.5) is 0 Å². The summed E-state index contributed by atoms with van der Waals surface area (Å²) in [7, 11) is 0. The Labute approximate surface area is 143 Å². The van der Waals surface area contributed by atoms with Gasteiger partial charge in [0.25, 0.3) is 5.22 Å². The number of likely N-dealkylation sites (tertiary alicyclic amines) is 1. The van der Waals surface area contributed by atoms with Crippen molar-refractivity contribution in [1.29, 1.82) is 0 Å². The minimum absolute atomic E-state index is 0.810. The van der Waals surface area contributed by atoms with E-state index in [9.17, 15) is 0 Å². The highest BCUT2D eigenvalue weighted by Gasteiger charge is 2.18. The minimum Gasteiger partial charge on any atom is -0.431 e. The summed E-state index contributed by atoms with van der Waals surface area (Å²) < 4.78 is 5.75. The molecule has 1 aliphatic rings. The summed E-state index contributed by atoms with van der Waals surface area (Å²) in [6.45, 7) is 6.10. The predicted octanol–water partition coefficient (Wildman–Crippen LogP) is 5.21. The highest BCUT2D eigenvalue weighted by Crippen LogP contribution is 2.25. The summed E-state index contributed by atoms with van der Waals surface area (Å²) in [4.78, 5) is 7.15. The van der Waals surface area contributed by atoms with E-state index in [1.807, 2.05) is 24.3 Å². The SMILES string of the molecule is CCCCC1CCN(CCCSc2nc3ccccc3o2)CC1. The van der Waals surface area contributed by atoms with E-state index in [0.29, 0.717) is 0 Å². The Hall–Kier alpha value is -1.00. The molecule has 0 saturated carbocycles. The van der Waals surface area contributed by atoms with Crippen molar-refractivity contribution in [2.24, 2.45) is 5.92 Å². The maximum atomic E-state index is 5.75. The van der Waals surface area contributed by atoms with Gasteiger partial charge in [-0.05, 0) is 56.9 Å². The average Bonchev–Trinajstić information content (AvgIpc) is 3.01. The Morgan fingerprint density at radius 3 is 2.83 bits per heavy atom. The van der Waals surface area contributed by atoms with Crippen molar-refractivity contribution in [3.05, 3.63) is 24.3 Å². The van der Waals surface area contributed by atoms with Crippen molar-refractivity contribution in [2.75, 3.05) is 25.4 Å². The largest absolute Gasteiger partial charge is 0.431 e. The van der Waals surface area contributed by atoms with Crippen LogP contribution in [0.25, 0.3) is 11.1 Å². The van der Waals surface area contributed by atoms with Gasteiger partial charge in [-0.15, -0.1) is 0 Å². The summed E-state index contributed by atoms with van der Waals surface area (Å²) >= 11 is 1.74. The van der Waals surface area contributed by atoms with Gasteiger partial charge in [0.2, 0.25) is 0 Å². The van der Waals surface area contributed by atoms with E-state index in [2.05, 4.69) is 16.8 Å². The number of aromatic nitrogens is 1. The third-order valence-electron chi connectivity index (χ3n) is 4.79. The Bertz CT molecular complexity index is 557. The lowest BCUT2D eigenvalue weighted by Gasteiger charge is -2.31. The van der Waals surface area contributed by atoms with Crippen molar-refractivity contribution < 1.29 is 4.42 Å². The molecular formula is C19H28N2OS. The van der Waals surface area contributed by atoms with Crippen molar-refractivity contribution in [2.45, 2.75) is 50.7 Å². The third kappa shape index (κ3) is 4.98. The standard InChI is InChI=1S/C19H28N2OS/c1-2-3-7-16-10-13-21(14-11-16)12-6-15-23-19-20-17-8-4-5-9-18(17)22-19/h4-5,8-9,16H,2-3,6-7,10-15H2,1H3. The molecule has 2 heterocycles. The number of piperidine rings is 1. The maximum Gasteiger partial charge on any atom is 0.256 e. The van der Waals surface area contributed by atoms with Gasteiger partial charge >= 0.3 is 0 Å². The van der Waals surface area contributed by atoms with Crippen LogP contribution in [0, 0.1) is 5.92 Å². The molecule has 0 amide bonds. The van der Waals surface area contributed by atoms with Crippen LogP contribution in [0.1, 0.15) is 45.4 Å². The molecule has 126 valence electrons. The summed E-state index contributed by atoms with van der Waals surface area (Å²) in [6.07, 6.45) is 8.20. The third-order valence-corrected chi connectivity index (χ3v) is 5.71. The van der Waals surface area contributed by atoms with E-state index in [1.165, 1.54) is 58.2 Å². The first kappa shape index (κ1) is 16.8. The second-order valence-electron chi connectivity index (χ2n) is 6.58. The summed E-state index contributed by atoms with van der Waals surface area (Å²) in [6, 6.07) is 7.98. The zero-order valence-corrected chi connectivity index (χ0v) is 15.0. The number of benzene rings is 1. The molecule has 0 bridgehead atoms. The van der Waals surface area contributed by atoms with E-state index >= 15 is 0 Å². The molecule has 0 N–H and O–H groups in total. The quantitative estimate of drug-likeness (QED) is 0.490. The summed E-state index contributed by atoms with van der Waals surface area (Å²) in [5, 5.41) is 0.810. The van der Waals surface area contributed by atoms with Gasteiger partial charge in [-0.25, -0.2) is 4.98 Å². The van der Waals surface area contributed by atoms with Gasteiger partial charge in [-0.1, -0.05) is 50.1 Å². The molecule has 3 nitrogen and oxygen atoms in total. The van der Waals surface area contributed by atoms with Crippen LogP contribution < -0.4 is 0 Å². The van der Waals surface area contributed by atoms with Gasteiger partial charge in [0, 0.05) is 5.75 Å². The van der Waals surface area contributed by atoms with Crippen molar-refractivity contribution in [1.82, 2.24) is 9.88 Å². The molecular weight excluding hydrogens is 304 g/mol. The van der Waals surface area contributed by atoms with E-state index in [0.717, 1.165) is 28.0 Å². The van der Waals surface area contributed by atoms with E-state index in [1.54, 1.807) is 11.8 Å². The number of hydrogen-bond acceptors (Lipinski definition) is 4. The Balaban J connectivity index is 1.33. The molecule has 3 rings (SSSR count). The lowest BCUT2D eigenvalue weighted by molar-refractivity contribution is 0.178. The van der Waals surface area contributed by atoms with Crippen molar-refractivity contribution in [3.8, 4) is 0 Å². The van der Waals surface area contributed by atoms with Crippen molar-refractivity contribution in [3.63, 3.8) is 0 Å². The monoisotopic (exact) mass is 332 g/mol. The number of unbranched alkanes of at least 4 members (excludes halogenated alkanes) is 1. The topological polar surface area (TPSA) is 29.3 Å². The number of nitrogens with zero attached hydrogens (tertiary/aromatic N) is 2. The number of oxazole rings is 1. The molecule has 1 aliphatic heterocycles. The van der Waals surface area contributed by atoms with Gasteiger partial charge in [-0.2, -0.15) is 0 Å². The number of hydrogen-bond donors (Lipinski definition) is 0. The zero-order chi connectivity index (χ0) is 15.9. The molecule has 1 aromatic heterocycles. The Morgan fingerprint density at radius 2 is 2.04 bits per heavy atom. The molecule has 1 saturated heterocycles. The maximum absolute atomic E-state index is 5.75. The van der Waals surface area contributed by atoms with Gasteiger partial charge < -0.3 is 9.32 Å². The number of fused-ring (bicyclic) bond motifs is 1. The number of thioether (sulfide) groups is 1. The molecule has 1 aromatic carbocycles. The van der Waals surface area contributed by atoms with Gasteiger partial charge in [0.05, 0.1) is 0 Å². The average molecular weight is 333 g/mol. The fourth-order valence-corrected chi connectivity index (χ4v) is 4.11. The van der Waals surface area contributed by atoms with Crippen LogP contribution in [-0.4, -0.2) is 35.3 Å². The second kappa shape index (κ2) is 8.74. The molecule has 0 unspecified atom stereocenters. The first-order chi connectivity index (χ1) is 11.3. The molecule has 0 radical (unpaired) electrons. The summed E-state index contributed by atoms with van der Waals surface area (Å²) in [5.41, 5.74) is 1.85. The highest BCUT2D eigenvalue weighted by atomic mass is 32.2. The lowest BCUT2D eigenvalue weighted by atomic mass is 9.92. The first-order valence-electron chi connectivity index (χ1n) is 9.06. The zero-order valence-electron chi connectivity index (χ0n) is 14.2. The van der Waals surface area contributed by atoms with Gasteiger partial charge in [0.1, 0.15) is 5.52 Å². The van der Waals surface area contributed by atoms with Gasteiger partial charge in [0.15, 0.2) is 5.58 Å². The number of para-hydroxylation sites is 2. The minimum atomic E-state index is 0.810. The van der Waals surface area contributed by atoms with E-state index in [4.69, 9.17) is 4.42 Å². The van der Waals surface area contributed by atoms with Crippen LogP contribution in [0.15, 0.2) is 33.9 Å². The van der Waals surface area contributed by atoms with E-state index in [-0.39, 0.29) is 0 Å². The Morgan fingerprint density at radius 1 is 1.22 bits per heavy atom. The molecule has 23 heavy (non-hydrogen) atoms. The normalized spacial score (nSPS) is 17.1. The summed E-state index contributed by atoms with van der Waals surface area (Å²) in [5.74, 6) is 2.07. The van der Waals surface area contributed by atoms with E-state index < -0.39 is 0 Å². The van der Waals surface area contributed by atoms with Crippen molar-refractivity contribution >= 4 is 22.9 Å². The van der Waals surface area contributed by atoms with Crippen LogP contribution in [0.3, 0.4) is 0 Å². The lowest BCUT2D eigenvalue weighted by Crippen LogP contribution is -2.34. The predicted molar refractivity (Wildman–Crippen MR) is 98.0 cm³/mol. The molecule has 1 fully saturated rings. The molecule has 0 spiro atoms. The Kier molecular flexibility index (Phi) is 6.40. The second-order valence-corrected chi connectivity index (χ2v) is 7.62. The molecule has 4 heteroatoms. The van der Waals surface area contributed by atoms with Crippen LogP contribution >= 0.6 is 11.8 Å². The van der Waals surface area contributed by atoms with Crippen LogP contribution in [-0.2, 0) is 0 Å². The molecule has 0 atom stereocenters. The fourth-order valence-electron chi connectivity index (χ4n) is 3.35. The fraction of sp³-hybridized carbons (Fsp3) is 0.632.